The molecule has 2 atom stereocenters. The lowest BCUT2D eigenvalue weighted by Crippen LogP contribution is -2.63. The minimum absolute atomic E-state index is 0.129. The van der Waals surface area contributed by atoms with Crippen LogP contribution in [-0.4, -0.2) is 11.6 Å². The quantitative estimate of drug-likeness (QED) is 0.533. The normalized spacial score (nSPS) is 48.3. The molecule has 0 radical (unpaired) electrons. The van der Waals surface area contributed by atoms with E-state index in [9.17, 15) is 4.79 Å². The summed E-state index contributed by atoms with van der Waals surface area (Å²) in [6.07, 6.45) is 11.8. The Kier molecular flexibility index (Phi) is 3.85. The van der Waals surface area contributed by atoms with Crippen LogP contribution >= 0.6 is 0 Å². The first kappa shape index (κ1) is 15.7. The summed E-state index contributed by atoms with van der Waals surface area (Å²) in [7, 11) is 0. The molecule has 4 bridgehead atoms. The first-order valence-corrected chi connectivity index (χ1v) is 9.87. The van der Waals surface area contributed by atoms with Gasteiger partial charge in [-0.3, -0.25) is 0 Å². The second-order valence-electron chi connectivity index (χ2n) is 9.30. The highest BCUT2D eigenvalue weighted by Gasteiger charge is 2.62. The summed E-state index contributed by atoms with van der Waals surface area (Å²) in [5, 5.41) is 0. The van der Waals surface area contributed by atoms with E-state index in [-0.39, 0.29) is 11.6 Å². The highest BCUT2D eigenvalue weighted by atomic mass is 16.6. The van der Waals surface area contributed by atoms with Crippen LogP contribution in [0.4, 0.5) is 0 Å². The van der Waals surface area contributed by atoms with E-state index >= 15 is 0 Å². The molecule has 2 heteroatoms. The highest BCUT2D eigenvalue weighted by molar-refractivity contribution is 5.87. The van der Waals surface area contributed by atoms with Crippen molar-refractivity contribution in [3.8, 4) is 0 Å². The van der Waals surface area contributed by atoms with Gasteiger partial charge in [0.15, 0.2) is 0 Å². The minimum atomic E-state index is -0.155. The first-order chi connectivity index (χ1) is 11.0. The monoisotopic (exact) mass is 316 g/mol. The van der Waals surface area contributed by atoms with Gasteiger partial charge >= 0.3 is 5.97 Å². The van der Waals surface area contributed by atoms with Gasteiger partial charge in [-0.1, -0.05) is 26.3 Å². The van der Waals surface area contributed by atoms with Crippen LogP contribution in [-0.2, 0) is 9.53 Å². The summed E-state index contributed by atoms with van der Waals surface area (Å²) >= 11 is 0. The van der Waals surface area contributed by atoms with E-state index < -0.39 is 0 Å². The smallest absolute Gasteiger partial charge is 0.333 e. The Labute approximate surface area is 141 Å². The molecule has 5 rings (SSSR count). The third-order valence-electron chi connectivity index (χ3n) is 7.61. The lowest BCUT2D eigenvalue weighted by Gasteiger charge is -2.63. The van der Waals surface area contributed by atoms with Crippen molar-refractivity contribution in [2.24, 2.45) is 35.5 Å². The molecular weight excluding hydrogens is 284 g/mol. The van der Waals surface area contributed by atoms with Gasteiger partial charge in [-0.2, -0.15) is 0 Å². The van der Waals surface area contributed by atoms with E-state index in [1.807, 2.05) is 0 Å². The van der Waals surface area contributed by atoms with Gasteiger partial charge in [-0.15, -0.1) is 0 Å². The number of carbonyl (C=O) groups is 1. The first-order valence-electron chi connectivity index (χ1n) is 9.87. The van der Waals surface area contributed by atoms with E-state index in [2.05, 4.69) is 13.5 Å². The molecule has 0 N–H and O–H groups in total. The number of hydrogen-bond acceptors (Lipinski definition) is 2. The van der Waals surface area contributed by atoms with E-state index in [4.69, 9.17) is 4.74 Å². The SMILES string of the molecule is C=C(C)C(=O)OC1(C2CCCC(C)C2)C2CC3CC(C2)CC1C3. The van der Waals surface area contributed by atoms with Crippen molar-refractivity contribution < 1.29 is 9.53 Å². The summed E-state index contributed by atoms with van der Waals surface area (Å²) in [6, 6.07) is 0. The zero-order valence-corrected chi connectivity index (χ0v) is 14.9. The molecule has 0 spiro atoms. The van der Waals surface area contributed by atoms with E-state index in [1.54, 1.807) is 6.92 Å². The van der Waals surface area contributed by atoms with Crippen LogP contribution in [0.15, 0.2) is 12.2 Å². The molecule has 2 nitrogen and oxygen atoms in total. The molecule has 0 aromatic heterocycles. The number of carbonyl (C=O) groups excluding carboxylic acids is 1. The van der Waals surface area contributed by atoms with Gasteiger partial charge in [0.1, 0.15) is 5.60 Å². The third kappa shape index (κ3) is 2.48. The topological polar surface area (TPSA) is 26.3 Å². The van der Waals surface area contributed by atoms with Crippen molar-refractivity contribution in [2.45, 2.75) is 77.2 Å². The molecule has 5 aliphatic rings. The summed E-state index contributed by atoms with van der Waals surface area (Å²) < 4.78 is 6.43. The fourth-order valence-corrected chi connectivity index (χ4v) is 6.93. The van der Waals surface area contributed by atoms with E-state index in [0.29, 0.717) is 23.3 Å². The Balaban J connectivity index is 1.69. The zero-order valence-electron chi connectivity index (χ0n) is 14.9. The Morgan fingerprint density at radius 3 is 2.09 bits per heavy atom. The van der Waals surface area contributed by atoms with Crippen LogP contribution in [0.2, 0.25) is 0 Å². The molecule has 0 saturated heterocycles. The lowest BCUT2D eigenvalue weighted by atomic mass is 9.46. The third-order valence-corrected chi connectivity index (χ3v) is 7.61. The van der Waals surface area contributed by atoms with Crippen molar-refractivity contribution >= 4 is 5.97 Å². The maximum atomic E-state index is 12.5. The second-order valence-corrected chi connectivity index (χ2v) is 9.30. The van der Waals surface area contributed by atoms with E-state index in [0.717, 1.165) is 17.8 Å². The summed E-state index contributed by atoms with van der Waals surface area (Å²) in [5.41, 5.74) is 0.417. The van der Waals surface area contributed by atoms with Crippen molar-refractivity contribution in [3.63, 3.8) is 0 Å². The van der Waals surface area contributed by atoms with Gasteiger partial charge in [0.05, 0.1) is 0 Å². The Morgan fingerprint density at radius 2 is 1.57 bits per heavy atom. The maximum Gasteiger partial charge on any atom is 0.333 e. The van der Waals surface area contributed by atoms with Crippen molar-refractivity contribution in [3.05, 3.63) is 12.2 Å². The van der Waals surface area contributed by atoms with Gasteiger partial charge in [0.25, 0.3) is 0 Å². The van der Waals surface area contributed by atoms with Gasteiger partial charge in [0.2, 0.25) is 0 Å². The molecule has 0 amide bonds. The molecule has 5 fully saturated rings. The second kappa shape index (κ2) is 5.63. The molecule has 0 aromatic rings. The van der Waals surface area contributed by atoms with Gasteiger partial charge in [-0.25, -0.2) is 4.79 Å². The van der Waals surface area contributed by atoms with Crippen molar-refractivity contribution in [1.82, 2.24) is 0 Å². The largest absolute Gasteiger partial charge is 0.455 e. The molecule has 5 saturated carbocycles. The number of rotatable bonds is 3. The Morgan fingerprint density at radius 1 is 0.957 bits per heavy atom. The molecule has 0 aromatic carbocycles. The predicted octanol–water partition coefficient (Wildman–Crippen LogP) is 5.13. The summed E-state index contributed by atoms with van der Waals surface area (Å²) in [4.78, 5) is 12.5. The predicted molar refractivity (Wildman–Crippen MR) is 91.8 cm³/mol. The van der Waals surface area contributed by atoms with Crippen LogP contribution in [0.1, 0.15) is 71.6 Å². The zero-order chi connectivity index (χ0) is 16.2. The number of hydrogen-bond donors (Lipinski definition) is 0. The van der Waals surface area contributed by atoms with E-state index in [1.165, 1.54) is 57.8 Å². The highest BCUT2D eigenvalue weighted by Crippen LogP contribution is 2.63. The molecule has 0 aliphatic heterocycles. The van der Waals surface area contributed by atoms with Crippen LogP contribution in [0.25, 0.3) is 0 Å². The standard InChI is InChI=1S/C21H32O2/c1-13(2)20(22)23-21(17-6-4-5-14(3)7-17)18-9-15-8-16(11-18)12-19(21)10-15/h14-19H,1,4-12H2,2-3H3. The minimum Gasteiger partial charge on any atom is -0.455 e. The van der Waals surface area contributed by atoms with Crippen LogP contribution in [0.3, 0.4) is 0 Å². The summed E-state index contributed by atoms with van der Waals surface area (Å²) in [5.74, 6) is 4.31. The molecular formula is C21H32O2. The van der Waals surface area contributed by atoms with Gasteiger partial charge in [0, 0.05) is 5.57 Å². The fourth-order valence-electron chi connectivity index (χ4n) is 6.93. The van der Waals surface area contributed by atoms with Crippen LogP contribution < -0.4 is 0 Å². The Bertz CT molecular complexity index is 478. The number of esters is 1. The van der Waals surface area contributed by atoms with Crippen LogP contribution in [0.5, 0.6) is 0 Å². The molecule has 23 heavy (non-hydrogen) atoms. The Hall–Kier alpha value is -0.790. The fraction of sp³-hybridized carbons (Fsp3) is 0.857. The van der Waals surface area contributed by atoms with Gasteiger partial charge < -0.3 is 4.74 Å². The van der Waals surface area contributed by atoms with Crippen molar-refractivity contribution in [2.75, 3.05) is 0 Å². The van der Waals surface area contributed by atoms with Gasteiger partial charge in [-0.05, 0) is 87.4 Å². The lowest BCUT2D eigenvalue weighted by molar-refractivity contribution is -0.231. The molecule has 0 heterocycles. The number of ether oxygens (including phenoxy) is 1. The molecule has 5 aliphatic carbocycles. The average Bonchev–Trinajstić information content (AvgIpc) is 2.50. The van der Waals surface area contributed by atoms with Crippen molar-refractivity contribution in [1.29, 1.82) is 0 Å². The molecule has 128 valence electrons. The maximum absolute atomic E-state index is 12.5. The molecule has 2 unspecified atom stereocenters. The van der Waals surface area contributed by atoms with Crippen LogP contribution in [0, 0.1) is 35.5 Å². The average molecular weight is 316 g/mol. The summed E-state index contributed by atoms with van der Waals surface area (Å²) in [6.45, 7) is 8.04.